The van der Waals surface area contributed by atoms with Gasteiger partial charge in [0, 0.05) is 30.7 Å². The average Bonchev–Trinajstić information content (AvgIpc) is 2.86. The number of pyridine rings is 1. The summed E-state index contributed by atoms with van der Waals surface area (Å²) in [5.41, 5.74) is 3.05. The van der Waals surface area contributed by atoms with E-state index in [4.69, 9.17) is 4.74 Å². The molecule has 2 heterocycles. The molecule has 0 radical (unpaired) electrons. The Morgan fingerprint density at radius 2 is 1.89 bits per heavy atom. The molecule has 4 rings (SSSR count). The highest BCUT2D eigenvalue weighted by Gasteiger charge is 2.30. The monoisotopic (exact) mass is 482 g/mol. The third kappa shape index (κ3) is 6.23. The van der Waals surface area contributed by atoms with E-state index in [2.05, 4.69) is 27.2 Å². The van der Waals surface area contributed by atoms with Crippen LogP contribution in [-0.2, 0) is 6.18 Å². The van der Waals surface area contributed by atoms with Gasteiger partial charge in [-0.2, -0.15) is 13.2 Å². The van der Waals surface area contributed by atoms with Gasteiger partial charge in [0.05, 0.1) is 11.8 Å². The van der Waals surface area contributed by atoms with Gasteiger partial charge in [0.15, 0.2) is 0 Å². The predicted molar refractivity (Wildman–Crippen MR) is 125 cm³/mol. The molecule has 1 aliphatic carbocycles. The van der Waals surface area contributed by atoms with Gasteiger partial charge < -0.3 is 10.1 Å². The van der Waals surface area contributed by atoms with Gasteiger partial charge in [-0.05, 0) is 61.4 Å². The molecule has 1 fully saturated rings. The number of amides is 1. The van der Waals surface area contributed by atoms with Crippen molar-refractivity contribution in [1.29, 1.82) is 0 Å². The Balaban J connectivity index is 1.42. The number of ether oxygens (including phenoxy) is 1. The van der Waals surface area contributed by atoms with E-state index in [1.165, 1.54) is 35.8 Å². The Bertz CT molecular complexity index is 1190. The Morgan fingerprint density at radius 3 is 2.51 bits per heavy atom. The van der Waals surface area contributed by atoms with Crippen LogP contribution in [0.15, 0.2) is 66.8 Å². The second-order valence-corrected chi connectivity index (χ2v) is 8.29. The van der Waals surface area contributed by atoms with E-state index in [0.29, 0.717) is 11.4 Å². The molecular weight excluding hydrogens is 457 g/mol. The van der Waals surface area contributed by atoms with Crippen LogP contribution >= 0.6 is 0 Å². The number of hydrogen-bond donors (Lipinski definition) is 1. The highest BCUT2D eigenvalue weighted by Crippen LogP contribution is 2.35. The third-order valence-electron chi connectivity index (χ3n) is 5.97. The van der Waals surface area contributed by atoms with Crippen molar-refractivity contribution >= 4 is 11.5 Å². The van der Waals surface area contributed by atoms with E-state index in [0.717, 1.165) is 49.9 Å². The lowest BCUT2D eigenvalue weighted by Gasteiger charge is -2.27. The second kappa shape index (κ2) is 10.7. The molecule has 0 unspecified atom stereocenters. The smallest absolute Gasteiger partial charge is 0.417 e. The van der Waals surface area contributed by atoms with Gasteiger partial charge in [0.25, 0.3) is 5.91 Å². The Kier molecular flexibility index (Phi) is 7.43. The largest absolute Gasteiger partial charge is 0.439 e. The summed E-state index contributed by atoms with van der Waals surface area (Å²) in [5, 5.41) is 3.04. The van der Waals surface area contributed by atoms with Crippen molar-refractivity contribution in [2.75, 3.05) is 0 Å². The summed E-state index contributed by atoms with van der Waals surface area (Å²) in [6, 6.07) is 9.73. The van der Waals surface area contributed by atoms with E-state index < -0.39 is 11.7 Å². The average molecular weight is 483 g/mol. The summed E-state index contributed by atoms with van der Waals surface area (Å²) in [7, 11) is 0. The van der Waals surface area contributed by atoms with E-state index in [1.807, 2.05) is 18.2 Å². The normalized spacial score (nSPS) is 16.0. The number of nitrogens with zero attached hydrogens (tertiary/aromatic N) is 3. The molecule has 0 atom stereocenters. The third-order valence-corrected chi connectivity index (χ3v) is 5.97. The summed E-state index contributed by atoms with van der Waals surface area (Å²) < 4.78 is 44.0. The van der Waals surface area contributed by atoms with Gasteiger partial charge in [0.2, 0.25) is 5.88 Å². The molecule has 1 N–H and O–H groups in total. The van der Waals surface area contributed by atoms with E-state index in [9.17, 15) is 18.0 Å². The number of benzene rings is 1. The summed E-state index contributed by atoms with van der Waals surface area (Å²) >= 11 is 0. The quantitative estimate of drug-likeness (QED) is 0.451. The number of carbonyl (C=O) groups excluding carboxylic acids is 1. The fraction of sp³-hybridized carbons (Fsp3) is 0.308. The number of halogens is 3. The number of allylic oxidation sites excluding steroid dienone is 2. The van der Waals surface area contributed by atoms with Crippen molar-refractivity contribution in [3.63, 3.8) is 0 Å². The highest BCUT2D eigenvalue weighted by molar-refractivity contribution is 5.92. The number of alkyl halides is 3. The molecule has 9 heteroatoms. The first-order chi connectivity index (χ1) is 16.8. The zero-order chi connectivity index (χ0) is 24.8. The first-order valence-electron chi connectivity index (χ1n) is 11.4. The van der Waals surface area contributed by atoms with Crippen LogP contribution in [0.5, 0.6) is 11.6 Å². The highest BCUT2D eigenvalue weighted by atomic mass is 19.4. The Hall–Kier alpha value is -3.75. The minimum atomic E-state index is -4.44. The van der Waals surface area contributed by atoms with Gasteiger partial charge >= 0.3 is 6.18 Å². The number of carbonyl (C=O) groups is 1. The van der Waals surface area contributed by atoms with Crippen molar-refractivity contribution in [3.8, 4) is 11.6 Å². The molecule has 3 aromatic rings. The van der Waals surface area contributed by atoms with E-state index in [1.54, 1.807) is 6.07 Å². The molecule has 182 valence electrons. The van der Waals surface area contributed by atoms with Crippen LogP contribution in [0, 0.1) is 0 Å². The molecule has 0 saturated heterocycles. The number of nitrogens with one attached hydrogen (secondary N) is 1. The van der Waals surface area contributed by atoms with Crippen LogP contribution in [0.25, 0.3) is 5.57 Å². The topological polar surface area (TPSA) is 77.0 Å². The van der Waals surface area contributed by atoms with Crippen molar-refractivity contribution in [2.45, 2.75) is 51.2 Å². The SMILES string of the molecule is CCC(=C1CCC(NC(=O)c2cnccn2)CC1)c1cccc(Oc2ccc(C(F)(F)F)cn2)c1. The van der Waals surface area contributed by atoms with E-state index >= 15 is 0 Å². The zero-order valence-electron chi connectivity index (χ0n) is 19.2. The molecule has 6 nitrogen and oxygen atoms in total. The van der Waals surface area contributed by atoms with Crippen molar-refractivity contribution in [3.05, 3.63) is 83.6 Å². The lowest BCUT2D eigenvalue weighted by atomic mass is 9.85. The second-order valence-electron chi connectivity index (χ2n) is 8.29. The van der Waals surface area contributed by atoms with Gasteiger partial charge in [-0.3, -0.25) is 9.78 Å². The van der Waals surface area contributed by atoms with Crippen molar-refractivity contribution in [2.24, 2.45) is 0 Å². The first-order valence-corrected chi connectivity index (χ1v) is 11.4. The molecule has 0 aliphatic heterocycles. The molecule has 1 saturated carbocycles. The lowest BCUT2D eigenvalue weighted by molar-refractivity contribution is -0.137. The predicted octanol–water partition coefficient (Wildman–Crippen LogP) is 6.22. The fourth-order valence-electron chi connectivity index (χ4n) is 4.22. The minimum absolute atomic E-state index is 0.0757. The standard InChI is InChI=1S/C26H25F3N4O2/c1-2-22(17-6-9-20(10-7-17)33-25(34)23-16-30-12-13-31-23)18-4-3-5-21(14-18)35-24-11-8-19(15-32-24)26(27,28)29/h3-5,8,11-16,20H,2,6-7,9-10H2,1H3,(H,33,34). The van der Waals surface area contributed by atoms with Crippen LogP contribution < -0.4 is 10.1 Å². The van der Waals surface area contributed by atoms with Crippen LogP contribution in [0.2, 0.25) is 0 Å². The van der Waals surface area contributed by atoms with Crippen molar-refractivity contribution < 1.29 is 22.7 Å². The molecule has 2 aromatic heterocycles. The maximum Gasteiger partial charge on any atom is 0.417 e. The van der Waals surface area contributed by atoms with Crippen LogP contribution in [-0.4, -0.2) is 26.9 Å². The molecule has 1 amide bonds. The minimum Gasteiger partial charge on any atom is -0.439 e. The summed E-state index contributed by atoms with van der Waals surface area (Å²) in [6.45, 7) is 2.09. The summed E-state index contributed by atoms with van der Waals surface area (Å²) in [5.74, 6) is 0.388. The molecular formula is C26H25F3N4O2. The van der Waals surface area contributed by atoms with Crippen molar-refractivity contribution in [1.82, 2.24) is 20.3 Å². The Morgan fingerprint density at radius 1 is 1.09 bits per heavy atom. The number of hydrogen-bond acceptors (Lipinski definition) is 5. The molecule has 0 spiro atoms. The lowest BCUT2D eigenvalue weighted by Crippen LogP contribution is -2.37. The van der Waals surface area contributed by atoms with Gasteiger partial charge in [-0.25, -0.2) is 9.97 Å². The number of rotatable bonds is 6. The molecule has 1 aliphatic rings. The van der Waals surface area contributed by atoms with Crippen LogP contribution in [0.1, 0.15) is 60.6 Å². The molecule has 0 bridgehead atoms. The van der Waals surface area contributed by atoms with E-state index in [-0.39, 0.29) is 17.8 Å². The van der Waals surface area contributed by atoms with Crippen LogP contribution in [0.3, 0.4) is 0 Å². The number of aromatic nitrogens is 3. The fourth-order valence-corrected chi connectivity index (χ4v) is 4.22. The van der Waals surface area contributed by atoms with Gasteiger partial charge in [0.1, 0.15) is 11.4 Å². The summed E-state index contributed by atoms with van der Waals surface area (Å²) in [6.07, 6.45) is 5.01. The van der Waals surface area contributed by atoms with Gasteiger partial charge in [-0.15, -0.1) is 0 Å². The maximum atomic E-state index is 12.8. The first kappa shape index (κ1) is 24.4. The Labute approximate surface area is 201 Å². The summed E-state index contributed by atoms with van der Waals surface area (Å²) in [4.78, 5) is 24.1. The maximum absolute atomic E-state index is 12.8. The van der Waals surface area contributed by atoms with Gasteiger partial charge in [-0.1, -0.05) is 24.6 Å². The zero-order valence-corrected chi connectivity index (χ0v) is 19.2. The molecule has 1 aromatic carbocycles. The molecule has 35 heavy (non-hydrogen) atoms. The van der Waals surface area contributed by atoms with Crippen LogP contribution in [0.4, 0.5) is 13.2 Å².